The Morgan fingerprint density at radius 1 is 1.19 bits per heavy atom. The van der Waals surface area contributed by atoms with Crippen LogP contribution in [0.2, 0.25) is 0 Å². The molecule has 0 unspecified atom stereocenters. The van der Waals surface area contributed by atoms with Crippen LogP contribution in [0.5, 0.6) is 0 Å². The Bertz CT molecular complexity index is 619. The third-order valence-corrected chi connectivity index (χ3v) is 9.77. The normalized spacial score (nSPS) is 53.6. The molecule has 0 spiro atoms. The molecule has 26 heavy (non-hydrogen) atoms. The lowest BCUT2D eigenvalue weighted by atomic mass is 9.43. The summed E-state index contributed by atoms with van der Waals surface area (Å²) < 4.78 is 0. The van der Waals surface area contributed by atoms with Gasteiger partial charge in [0.2, 0.25) is 0 Å². The zero-order valence-corrected chi connectivity index (χ0v) is 17.9. The van der Waals surface area contributed by atoms with Crippen LogP contribution >= 0.6 is 15.9 Å². The van der Waals surface area contributed by atoms with E-state index in [0.29, 0.717) is 35.3 Å². The first-order valence-electron chi connectivity index (χ1n) is 10.5. The van der Waals surface area contributed by atoms with E-state index in [4.69, 9.17) is 0 Å². The zero-order chi connectivity index (χ0) is 18.9. The summed E-state index contributed by atoms with van der Waals surface area (Å²) in [4.78, 5) is 26.0. The average Bonchev–Trinajstić information content (AvgIpc) is 2.91. The van der Waals surface area contributed by atoms with E-state index in [1.165, 1.54) is 0 Å². The molecule has 4 heteroatoms. The number of fused-ring (bicyclic) bond motifs is 5. The van der Waals surface area contributed by atoms with E-state index in [-0.39, 0.29) is 40.5 Å². The highest BCUT2D eigenvalue weighted by Gasteiger charge is 2.64. The largest absolute Gasteiger partial charge is 0.393 e. The van der Waals surface area contributed by atoms with Gasteiger partial charge in [0, 0.05) is 18.3 Å². The van der Waals surface area contributed by atoms with Crippen molar-refractivity contribution >= 4 is 27.5 Å². The van der Waals surface area contributed by atoms with E-state index < -0.39 is 0 Å². The van der Waals surface area contributed by atoms with Crippen molar-refractivity contribution < 1.29 is 14.7 Å². The molecule has 0 aliphatic heterocycles. The summed E-state index contributed by atoms with van der Waals surface area (Å²) >= 11 is 3.36. The second-order valence-corrected chi connectivity index (χ2v) is 11.0. The van der Waals surface area contributed by atoms with Crippen molar-refractivity contribution in [3.8, 4) is 0 Å². The Kier molecular flexibility index (Phi) is 4.71. The number of hydrogen-bond donors (Lipinski definition) is 1. The Hall–Kier alpha value is -0.220. The molecule has 4 fully saturated rings. The lowest BCUT2D eigenvalue weighted by molar-refractivity contribution is -0.166. The van der Waals surface area contributed by atoms with Gasteiger partial charge in [-0.05, 0) is 73.0 Å². The molecule has 0 heterocycles. The van der Waals surface area contributed by atoms with Gasteiger partial charge in [0.15, 0.2) is 0 Å². The minimum absolute atomic E-state index is 0.0392. The van der Waals surface area contributed by atoms with Crippen molar-refractivity contribution in [2.45, 2.75) is 71.8 Å². The summed E-state index contributed by atoms with van der Waals surface area (Å²) in [6.07, 6.45) is 6.51. The highest BCUT2D eigenvalue weighted by Crippen LogP contribution is 2.66. The van der Waals surface area contributed by atoms with Crippen LogP contribution in [0.15, 0.2) is 0 Å². The van der Waals surface area contributed by atoms with Crippen molar-refractivity contribution in [2.75, 3.05) is 5.33 Å². The molecule has 3 nitrogen and oxygen atoms in total. The first-order valence-corrected chi connectivity index (χ1v) is 11.6. The third-order valence-electron chi connectivity index (χ3n) is 9.21. The van der Waals surface area contributed by atoms with E-state index in [1.807, 2.05) is 0 Å². The summed E-state index contributed by atoms with van der Waals surface area (Å²) in [6.45, 7) is 6.71. The fourth-order valence-corrected chi connectivity index (χ4v) is 8.43. The van der Waals surface area contributed by atoms with Gasteiger partial charge in [-0.3, -0.25) is 9.59 Å². The summed E-state index contributed by atoms with van der Waals surface area (Å²) in [7, 11) is 0. The fourth-order valence-electron chi connectivity index (χ4n) is 8.04. The maximum Gasteiger partial charge on any atom is 0.147 e. The van der Waals surface area contributed by atoms with Gasteiger partial charge < -0.3 is 5.11 Å². The van der Waals surface area contributed by atoms with E-state index in [0.717, 1.165) is 38.5 Å². The van der Waals surface area contributed by atoms with Crippen LogP contribution in [0, 0.1) is 46.3 Å². The Morgan fingerprint density at radius 2 is 1.92 bits per heavy atom. The molecule has 0 saturated heterocycles. The molecule has 0 aromatic heterocycles. The number of carbonyl (C=O) groups is 2. The quantitative estimate of drug-likeness (QED) is 0.668. The maximum absolute atomic E-state index is 13.5. The molecule has 4 saturated carbocycles. The Balaban J connectivity index is 1.67. The van der Waals surface area contributed by atoms with Crippen molar-refractivity contribution in [1.82, 2.24) is 0 Å². The second-order valence-electron chi connectivity index (χ2n) is 10.4. The van der Waals surface area contributed by atoms with Gasteiger partial charge in [-0.2, -0.15) is 0 Å². The zero-order valence-electron chi connectivity index (χ0n) is 16.3. The summed E-state index contributed by atoms with van der Waals surface area (Å²) in [6, 6.07) is 0. The van der Waals surface area contributed by atoms with Gasteiger partial charge in [-0.15, -0.1) is 0 Å². The summed E-state index contributed by atoms with van der Waals surface area (Å²) in [5.74, 6) is 2.61. The topological polar surface area (TPSA) is 54.4 Å². The van der Waals surface area contributed by atoms with Crippen molar-refractivity contribution in [2.24, 2.45) is 46.3 Å². The number of rotatable bonds is 2. The second kappa shape index (κ2) is 6.40. The minimum Gasteiger partial charge on any atom is -0.393 e. The van der Waals surface area contributed by atoms with Crippen LogP contribution in [-0.4, -0.2) is 28.1 Å². The van der Waals surface area contributed by atoms with Crippen LogP contribution in [0.1, 0.15) is 65.7 Å². The van der Waals surface area contributed by atoms with Gasteiger partial charge in [-0.25, -0.2) is 0 Å². The molecule has 0 amide bonds. The molecule has 0 bridgehead atoms. The van der Waals surface area contributed by atoms with E-state index >= 15 is 0 Å². The van der Waals surface area contributed by atoms with Crippen LogP contribution in [0.4, 0.5) is 0 Å². The number of Topliss-reactive ketones (excluding diaryl/α,β-unsaturated/α-hetero) is 2. The van der Waals surface area contributed by atoms with E-state index in [1.54, 1.807) is 0 Å². The molecule has 4 rings (SSSR count). The molecule has 4 aliphatic rings. The van der Waals surface area contributed by atoms with E-state index in [2.05, 4.69) is 36.7 Å². The minimum atomic E-state index is -0.207. The highest BCUT2D eigenvalue weighted by atomic mass is 79.9. The van der Waals surface area contributed by atoms with E-state index in [9.17, 15) is 14.7 Å². The standard InChI is InChI=1S/C22H33BrO3/c1-12-9-21(2)13(8-17(12)24)4-5-14-15-6-7-16(19(26)11-23)22(15,3)10-18(25)20(14)21/h12-17,20,24H,4-11H2,1-3H3/t12-,13-,14-,15-,16+,17-,20+,21-,22-/m0/s1. The number of halogens is 1. The predicted molar refractivity (Wildman–Crippen MR) is 105 cm³/mol. The highest BCUT2D eigenvalue weighted by molar-refractivity contribution is 9.09. The van der Waals surface area contributed by atoms with Gasteiger partial charge in [0.05, 0.1) is 11.4 Å². The number of aliphatic hydroxyl groups excluding tert-OH is 1. The van der Waals surface area contributed by atoms with Gasteiger partial charge in [0.25, 0.3) is 0 Å². The molecule has 4 aliphatic carbocycles. The van der Waals surface area contributed by atoms with Gasteiger partial charge >= 0.3 is 0 Å². The van der Waals surface area contributed by atoms with Gasteiger partial charge in [0.1, 0.15) is 11.6 Å². The van der Waals surface area contributed by atoms with Crippen LogP contribution in [0.25, 0.3) is 0 Å². The molecule has 0 aromatic rings. The Morgan fingerprint density at radius 3 is 2.62 bits per heavy atom. The first-order chi connectivity index (χ1) is 12.2. The first kappa shape index (κ1) is 19.1. The molecule has 9 atom stereocenters. The summed E-state index contributed by atoms with van der Waals surface area (Å²) in [5.41, 5.74) is -0.0937. The van der Waals surface area contributed by atoms with Crippen molar-refractivity contribution in [3.63, 3.8) is 0 Å². The predicted octanol–water partition coefficient (Wildman–Crippen LogP) is 4.40. The smallest absolute Gasteiger partial charge is 0.147 e. The number of ketones is 2. The number of alkyl halides is 1. The lowest BCUT2D eigenvalue weighted by Gasteiger charge is -2.60. The van der Waals surface area contributed by atoms with Crippen LogP contribution < -0.4 is 0 Å². The molecule has 0 aromatic carbocycles. The number of hydrogen-bond acceptors (Lipinski definition) is 3. The average molecular weight is 425 g/mol. The van der Waals surface area contributed by atoms with Gasteiger partial charge in [-0.1, -0.05) is 36.7 Å². The molecule has 1 N–H and O–H groups in total. The van der Waals surface area contributed by atoms with Crippen molar-refractivity contribution in [3.05, 3.63) is 0 Å². The van der Waals surface area contributed by atoms with Crippen LogP contribution in [0.3, 0.4) is 0 Å². The monoisotopic (exact) mass is 424 g/mol. The number of carbonyl (C=O) groups excluding carboxylic acids is 2. The molecular formula is C22H33BrO3. The lowest BCUT2D eigenvalue weighted by Crippen LogP contribution is -2.59. The maximum atomic E-state index is 13.5. The third kappa shape index (κ3) is 2.53. The number of aliphatic hydroxyl groups is 1. The molecular weight excluding hydrogens is 392 g/mol. The molecule has 0 radical (unpaired) electrons. The summed E-state index contributed by atoms with van der Waals surface area (Å²) in [5, 5.41) is 10.8. The van der Waals surface area contributed by atoms with Crippen LogP contribution in [-0.2, 0) is 9.59 Å². The molecule has 146 valence electrons. The SMILES string of the molecule is C[C@H]1C[C@@]2(C)[C@@H](CC[C@H]3[C@@H]4CC[C@H](C(=O)CBr)[C@@]4(C)CC(=O)[C@@H]32)C[C@@H]1O. The Labute approximate surface area is 165 Å². The van der Waals surface area contributed by atoms with Crippen molar-refractivity contribution in [1.29, 1.82) is 0 Å². The fraction of sp³-hybridized carbons (Fsp3) is 0.909.